The fourth-order valence-electron chi connectivity index (χ4n) is 4.91. The highest BCUT2D eigenvalue weighted by Gasteiger charge is 2.43. The zero-order valence-electron chi connectivity index (χ0n) is 24.6. The maximum Gasteiger partial charge on any atom is 0.0792 e. The Kier molecular flexibility index (Phi) is 7.56. The molecule has 2 aromatic rings. The van der Waals surface area contributed by atoms with Crippen LogP contribution in [0.1, 0.15) is 50.7 Å². The zero-order chi connectivity index (χ0) is 27.8. The molecule has 0 amide bonds. The Morgan fingerprint density at radius 1 is 0.474 bits per heavy atom. The first kappa shape index (κ1) is 27.6. The van der Waals surface area contributed by atoms with Gasteiger partial charge in [0, 0.05) is 32.0 Å². The number of hydrogen-bond acceptors (Lipinski definition) is 0. The molecule has 2 aliphatic carbocycles. The Morgan fingerprint density at radius 2 is 0.842 bits per heavy atom. The van der Waals surface area contributed by atoms with Crippen LogP contribution < -0.4 is 20.9 Å². The van der Waals surface area contributed by atoms with Crippen molar-refractivity contribution in [2.24, 2.45) is 0 Å². The van der Waals surface area contributed by atoms with Crippen molar-refractivity contribution in [1.82, 2.24) is 0 Å². The summed E-state index contributed by atoms with van der Waals surface area (Å²) in [5.74, 6) is 0.847. The molecule has 0 bridgehead atoms. The van der Waals surface area contributed by atoms with Crippen molar-refractivity contribution in [2.75, 3.05) is 0 Å². The first-order valence-corrected chi connectivity index (χ1v) is 20.6. The molecule has 0 atom stereocenters. The molecule has 0 radical (unpaired) electrons. The molecular weight excluding hydrogens is 489 g/mol. The lowest BCUT2D eigenvalue weighted by Crippen LogP contribution is -2.41. The summed E-state index contributed by atoms with van der Waals surface area (Å²) in [5, 5.41) is 6.84. The van der Waals surface area contributed by atoms with Gasteiger partial charge in [-0.15, -0.1) is 0 Å². The second-order valence-electron chi connectivity index (χ2n) is 12.9. The minimum absolute atomic E-state index is 0.424. The van der Waals surface area contributed by atoms with Crippen molar-refractivity contribution in [2.45, 2.75) is 78.8 Å². The summed E-state index contributed by atoms with van der Waals surface area (Å²) >= 11 is 0. The van der Waals surface area contributed by atoms with Gasteiger partial charge in [0.25, 0.3) is 0 Å². The van der Waals surface area contributed by atoms with Gasteiger partial charge in [-0.05, 0) is 69.1 Å². The van der Waals surface area contributed by atoms with Crippen molar-refractivity contribution in [3.63, 3.8) is 0 Å². The van der Waals surface area contributed by atoms with Gasteiger partial charge in [0.2, 0.25) is 0 Å². The van der Waals surface area contributed by atoms with Crippen molar-refractivity contribution in [3.05, 3.63) is 113 Å². The van der Waals surface area contributed by atoms with E-state index in [9.17, 15) is 0 Å². The molecule has 38 heavy (non-hydrogen) atoms. The van der Waals surface area contributed by atoms with Crippen LogP contribution in [-0.4, -0.2) is 16.1 Å². The topological polar surface area (TPSA) is 0 Å². The lowest BCUT2D eigenvalue weighted by molar-refractivity contribution is 0.864. The summed E-state index contributed by atoms with van der Waals surface area (Å²) in [6, 6.07) is 13.0. The molecule has 0 aliphatic heterocycles. The molecule has 2 aromatic carbocycles. The minimum Gasteiger partial charge on any atom is -0.0656 e. The predicted octanol–water partition coefficient (Wildman–Crippen LogP) is 6.26. The van der Waals surface area contributed by atoms with E-state index in [0.29, 0.717) is 11.8 Å². The SMILES string of the molecule is CC(C)c1ccc2c(c1)=C=C=C=C=c1cc(C(C)C)ccc1=C=C=C1C(=C=C=2)C([Si](C)(C)C)=C1[Si](C)(C)C. The van der Waals surface area contributed by atoms with Gasteiger partial charge in [-0.3, -0.25) is 0 Å². The Bertz CT molecular complexity index is 1760. The molecule has 0 nitrogen and oxygen atoms in total. The number of benzene rings is 2. The molecule has 190 valence electrons. The van der Waals surface area contributed by atoms with Gasteiger partial charge < -0.3 is 0 Å². The normalized spacial score (nSPS) is 14.3. The number of allylic oxidation sites excluding steroid dienone is 4. The number of hydrogen-bond donors (Lipinski definition) is 0. The average molecular weight is 527 g/mol. The summed E-state index contributed by atoms with van der Waals surface area (Å²) in [6.45, 7) is 23.4. The van der Waals surface area contributed by atoms with Gasteiger partial charge in [0.15, 0.2) is 0 Å². The van der Waals surface area contributed by atoms with Crippen LogP contribution in [0.4, 0.5) is 0 Å². The molecule has 2 aliphatic rings. The molecule has 0 aromatic heterocycles. The quantitative estimate of drug-likeness (QED) is 0.326. The number of fused-ring (bicyclic) bond motifs is 3. The van der Waals surface area contributed by atoms with Crippen LogP contribution in [-0.2, 0) is 0 Å². The fraction of sp³-hybridized carbons (Fsp3) is 0.333. The molecule has 0 saturated carbocycles. The van der Waals surface area contributed by atoms with Gasteiger partial charge in [-0.1, -0.05) is 113 Å². The van der Waals surface area contributed by atoms with Crippen molar-refractivity contribution >= 4 is 39.1 Å². The minimum atomic E-state index is -1.63. The summed E-state index contributed by atoms with van der Waals surface area (Å²) in [4.78, 5) is 0. The summed E-state index contributed by atoms with van der Waals surface area (Å²) in [5.41, 5.74) is 31.9. The van der Waals surface area contributed by atoms with Gasteiger partial charge >= 0.3 is 0 Å². The molecule has 4 rings (SSSR count). The van der Waals surface area contributed by atoms with Crippen LogP contribution in [0.15, 0.2) is 80.9 Å². The maximum absolute atomic E-state index is 3.61. The van der Waals surface area contributed by atoms with Crippen LogP contribution in [0.2, 0.25) is 39.3 Å². The molecule has 0 unspecified atom stereocenters. The van der Waals surface area contributed by atoms with Gasteiger partial charge in [-0.25, -0.2) is 0 Å². The number of rotatable bonds is 4. The zero-order valence-corrected chi connectivity index (χ0v) is 26.6. The van der Waals surface area contributed by atoms with E-state index in [0.717, 1.165) is 32.0 Å². The summed E-state index contributed by atoms with van der Waals surface area (Å²) < 4.78 is 0. The molecule has 0 spiro atoms. The molecule has 0 heterocycles. The van der Waals surface area contributed by atoms with Crippen molar-refractivity contribution in [1.29, 1.82) is 0 Å². The predicted molar refractivity (Wildman–Crippen MR) is 168 cm³/mol. The lowest BCUT2D eigenvalue weighted by Gasteiger charge is -2.41. The lowest BCUT2D eigenvalue weighted by atomic mass is 9.95. The first-order chi connectivity index (χ1) is 17.8. The summed E-state index contributed by atoms with van der Waals surface area (Å²) in [7, 11) is -3.27. The Hall–Kier alpha value is -3.41. The largest absolute Gasteiger partial charge is 0.0792 e. The maximum atomic E-state index is 3.61. The third kappa shape index (κ3) is 5.69. The van der Waals surface area contributed by atoms with Crippen molar-refractivity contribution < 1.29 is 0 Å². The molecule has 0 saturated heterocycles. The highest BCUT2D eigenvalue weighted by Crippen LogP contribution is 2.47. The second kappa shape index (κ2) is 10.4. The molecular formula is C36H38Si2. The van der Waals surface area contributed by atoms with E-state index in [4.69, 9.17) is 0 Å². The molecule has 2 heteroatoms. The van der Waals surface area contributed by atoms with Crippen LogP contribution in [0, 0.1) is 0 Å². The second-order valence-corrected chi connectivity index (χ2v) is 22.9. The van der Waals surface area contributed by atoms with E-state index >= 15 is 0 Å². The van der Waals surface area contributed by atoms with Crippen LogP contribution in [0.5, 0.6) is 0 Å². The highest BCUT2D eigenvalue weighted by molar-refractivity contribution is 6.92. The first-order valence-electron chi connectivity index (χ1n) is 13.6. The molecule has 0 fully saturated rings. The highest BCUT2D eigenvalue weighted by atomic mass is 28.3. The Labute approximate surface area is 230 Å². The molecule has 0 N–H and O–H groups in total. The Balaban J connectivity index is 2.37. The average Bonchev–Trinajstić information content (AvgIpc) is 2.79. The van der Waals surface area contributed by atoms with Gasteiger partial charge in [-0.2, -0.15) is 0 Å². The van der Waals surface area contributed by atoms with Crippen LogP contribution in [0.3, 0.4) is 0 Å². The van der Waals surface area contributed by atoms with Gasteiger partial charge in [0.05, 0.1) is 16.1 Å². The summed E-state index contributed by atoms with van der Waals surface area (Å²) in [6.07, 6.45) is 0. The van der Waals surface area contributed by atoms with Crippen molar-refractivity contribution in [3.8, 4) is 0 Å². The van der Waals surface area contributed by atoms with E-state index < -0.39 is 16.1 Å². The van der Waals surface area contributed by atoms with E-state index in [1.807, 2.05) is 0 Å². The Morgan fingerprint density at radius 3 is 1.16 bits per heavy atom. The van der Waals surface area contributed by atoms with Crippen LogP contribution in [0.25, 0.3) is 22.9 Å². The smallest absolute Gasteiger partial charge is 0.0656 e. The van der Waals surface area contributed by atoms with Gasteiger partial charge in [0.1, 0.15) is 0 Å². The third-order valence-electron chi connectivity index (χ3n) is 7.02. The van der Waals surface area contributed by atoms with Crippen LogP contribution >= 0.6 is 0 Å². The van der Waals surface area contributed by atoms with E-state index in [2.05, 4.69) is 149 Å². The van der Waals surface area contributed by atoms with E-state index in [-0.39, 0.29) is 0 Å². The van der Waals surface area contributed by atoms with E-state index in [1.165, 1.54) is 21.5 Å². The monoisotopic (exact) mass is 526 g/mol. The fourth-order valence-corrected chi connectivity index (χ4v) is 10.8. The standard InChI is InChI=1S/C36H38Si2/c1-25(2)29-17-15-27-19-21-33-34(36(38(8,9)10)35(33)37(5,6)7)22-20-28-16-18-30(26(3)4)24-32(28)14-12-11-13-31(27)23-29/h15-18,23-26H,1-10H3. The third-order valence-corrected chi connectivity index (χ3v) is 11.3. The van der Waals surface area contributed by atoms with E-state index in [1.54, 1.807) is 0 Å².